The van der Waals surface area contributed by atoms with Crippen LogP contribution in [0.1, 0.15) is 84.0 Å². The number of unbranched alkanes of at least 4 members (excludes halogenated alkanes) is 8. The molecular weight excluding hydrogens is 522 g/mol. The number of ether oxygens (including phenoxy) is 2. The maximum atomic E-state index is 11.9. The van der Waals surface area contributed by atoms with Gasteiger partial charge < -0.3 is 41.6 Å². The lowest BCUT2D eigenvalue weighted by atomic mass is 10.1. The molecule has 0 aromatic rings. The number of rotatable bonds is 27. The third-order valence-corrected chi connectivity index (χ3v) is 6.02. The molecule has 0 aromatic carbocycles. The Kier molecular flexibility index (Phi) is 24.6. The molecule has 0 saturated heterocycles. The van der Waals surface area contributed by atoms with Crippen molar-refractivity contribution in [2.24, 2.45) is 5.73 Å². The van der Waals surface area contributed by atoms with Crippen molar-refractivity contribution >= 4 is 29.6 Å². The van der Waals surface area contributed by atoms with E-state index in [1.165, 1.54) is 0 Å². The van der Waals surface area contributed by atoms with Gasteiger partial charge in [0, 0.05) is 26.1 Å². The summed E-state index contributed by atoms with van der Waals surface area (Å²) in [6, 6.07) is -0.333. The van der Waals surface area contributed by atoms with Crippen LogP contribution in [0.25, 0.3) is 0 Å². The zero-order chi connectivity index (χ0) is 29.8. The Morgan fingerprint density at radius 3 is 1.93 bits per heavy atom. The molecule has 13 heteroatoms. The number of carboxylic acid groups (broad SMARTS) is 1. The molecule has 7 N–H and O–H groups in total. The molecule has 4 amide bonds. The van der Waals surface area contributed by atoms with Gasteiger partial charge in [-0.25, -0.2) is 4.79 Å². The van der Waals surface area contributed by atoms with Gasteiger partial charge in [0.2, 0.25) is 17.7 Å². The van der Waals surface area contributed by atoms with Gasteiger partial charge in [0.1, 0.15) is 6.61 Å². The summed E-state index contributed by atoms with van der Waals surface area (Å²) in [4.78, 5) is 56.1. The molecular formula is C27H51N5O8. The van der Waals surface area contributed by atoms with E-state index in [1.54, 1.807) is 0 Å². The Labute approximate surface area is 238 Å². The van der Waals surface area contributed by atoms with Crippen LogP contribution in [0.2, 0.25) is 0 Å². The molecule has 0 bridgehead atoms. The van der Waals surface area contributed by atoms with Gasteiger partial charge in [-0.15, -0.1) is 0 Å². The number of carbonyl (C=O) groups is 5. The fourth-order valence-electron chi connectivity index (χ4n) is 3.83. The van der Waals surface area contributed by atoms with Crippen LogP contribution in [0.5, 0.6) is 0 Å². The number of aliphatic carboxylic acids is 1. The molecule has 0 unspecified atom stereocenters. The molecule has 0 aromatic heterocycles. The lowest BCUT2D eigenvalue weighted by Crippen LogP contribution is -2.41. The molecule has 0 aliphatic heterocycles. The molecule has 0 fully saturated rings. The summed E-state index contributed by atoms with van der Waals surface area (Å²) in [7, 11) is 0. The number of carbonyl (C=O) groups excluding carboxylic acids is 4. The number of carboxylic acids is 1. The third-order valence-electron chi connectivity index (χ3n) is 6.02. The Morgan fingerprint density at radius 2 is 1.27 bits per heavy atom. The Hall–Kier alpha value is -2.77. The smallest absolute Gasteiger partial charge is 0.394 e. The first kappa shape index (κ1) is 37.2. The van der Waals surface area contributed by atoms with Crippen molar-refractivity contribution < 1.29 is 38.6 Å². The Morgan fingerprint density at radius 1 is 0.700 bits per heavy atom. The lowest BCUT2D eigenvalue weighted by Gasteiger charge is -2.13. The molecule has 0 rings (SSSR count). The van der Waals surface area contributed by atoms with Crippen molar-refractivity contribution in [3.63, 3.8) is 0 Å². The van der Waals surface area contributed by atoms with Gasteiger partial charge >= 0.3 is 11.9 Å². The summed E-state index contributed by atoms with van der Waals surface area (Å²) in [5, 5.41) is 19.4. The molecule has 0 aliphatic rings. The van der Waals surface area contributed by atoms with Crippen LogP contribution >= 0.6 is 0 Å². The van der Waals surface area contributed by atoms with Crippen molar-refractivity contribution in [3.05, 3.63) is 0 Å². The van der Waals surface area contributed by atoms with E-state index in [0.29, 0.717) is 52.2 Å². The van der Waals surface area contributed by atoms with E-state index in [2.05, 4.69) is 21.3 Å². The molecule has 0 aliphatic carbocycles. The Balaban J connectivity index is 3.40. The van der Waals surface area contributed by atoms with E-state index in [-0.39, 0.29) is 37.0 Å². The zero-order valence-corrected chi connectivity index (χ0v) is 24.1. The molecule has 0 spiro atoms. The van der Waals surface area contributed by atoms with Crippen LogP contribution in [0, 0.1) is 0 Å². The predicted molar refractivity (Wildman–Crippen MR) is 150 cm³/mol. The molecule has 0 heterocycles. The second kappa shape index (κ2) is 26.5. The largest absolute Gasteiger partial charge is 0.474 e. The van der Waals surface area contributed by atoms with Crippen LogP contribution in [-0.2, 0) is 33.4 Å². The second-order valence-electron chi connectivity index (χ2n) is 9.51. The van der Waals surface area contributed by atoms with Gasteiger partial charge in [0.05, 0.1) is 25.9 Å². The summed E-state index contributed by atoms with van der Waals surface area (Å²) in [5.74, 6) is -2.97. The van der Waals surface area contributed by atoms with E-state index in [9.17, 15) is 24.0 Å². The van der Waals surface area contributed by atoms with Crippen LogP contribution < -0.4 is 27.0 Å². The number of primary amides is 1. The number of likely N-dealkylation sites (N-methyl/N-ethyl adjacent to an activating group) is 1. The second-order valence-corrected chi connectivity index (χ2v) is 9.51. The highest BCUT2D eigenvalue weighted by molar-refractivity contribution is 6.31. The molecule has 40 heavy (non-hydrogen) atoms. The van der Waals surface area contributed by atoms with E-state index in [1.807, 2.05) is 6.92 Å². The first-order valence-corrected chi connectivity index (χ1v) is 14.5. The number of amides is 4. The summed E-state index contributed by atoms with van der Waals surface area (Å²) < 4.78 is 10.7. The SMILES string of the molecule is CCN[C@@H](CCCCNC(=O)COCCOCCNC(=O)CCCCCCCCCCNC(=O)C(=O)O)C(N)=O. The topological polar surface area (TPSA) is 198 Å². The zero-order valence-electron chi connectivity index (χ0n) is 24.1. The first-order valence-electron chi connectivity index (χ1n) is 14.5. The van der Waals surface area contributed by atoms with Crippen molar-refractivity contribution in [1.82, 2.24) is 21.3 Å². The predicted octanol–water partition coefficient (Wildman–Crippen LogP) is 0.597. The van der Waals surface area contributed by atoms with Gasteiger partial charge in [-0.2, -0.15) is 0 Å². The highest BCUT2D eigenvalue weighted by Gasteiger charge is 2.12. The quantitative estimate of drug-likeness (QED) is 0.0601. The number of nitrogens with one attached hydrogen (secondary N) is 4. The fraction of sp³-hybridized carbons (Fsp3) is 0.815. The Bertz CT molecular complexity index is 723. The number of hydrogen-bond donors (Lipinski definition) is 6. The van der Waals surface area contributed by atoms with E-state index >= 15 is 0 Å². The van der Waals surface area contributed by atoms with Gasteiger partial charge in [-0.05, 0) is 38.6 Å². The van der Waals surface area contributed by atoms with Crippen molar-refractivity contribution in [3.8, 4) is 0 Å². The minimum Gasteiger partial charge on any atom is -0.474 e. The molecule has 232 valence electrons. The van der Waals surface area contributed by atoms with E-state index < -0.39 is 11.9 Å². The van der Waals surface area contributed by atoms with Gasteiger partial charge in [-0.1, -0.05) is 45.4 Å². The van der Waals surface area contributed by atoms with Gasteiger partial charge in [-0.3, -0.25) is 19.2 Å². The summed E-state index contributed by atoms with van der Waals surface area (Å²) in [6.07, 6.45) is 10.5. The standard InChI is InChI=1S/C27H51N5O8/c1-2-29-22(25(28)35)13-10-12-15-30-24(34)21-40-20-19-39-18-17-31-23(33)14-9-7-5-3-4-6-8-11-16-32-26(36)27(37)38/h22,29H,2-21H2,1H3,(H2,28,35)(H,30,34)(H,31,33)(H,32,36)(H,37,38)/t22-/m0/s1. The van der Waals surface area contributed by atoms with Gasteiger partial charge in [0.15, 0.2) is 0 Å². The monoisotopic (exact) mass is 573 g/mol. The van der Waals surface area contributed by atoms with Gasteiger partial charge in [0.25, 0.3) is 0 Å². The molecule has 13 nitrogen and oxygen atoms in total. The highest BCUT2D eigenvalue weighted by atomic mass is 16.5. The van der Waals surface area contributed by atoms with Crippen LogP contribution in [0.3, 0.4) is 0 Å². The minimum atomic E-state index is -1.45. The molecule has 0 saturated carbocycles. The van der Waals surface area contributed by atoms with Crippen molar-refractivity contribution in [1.29, 1.82) is 0 Å². The van der Waals surface area contributed by atoms with Crippen molar-refractivity contribution in [2.45, 2.75) is 90.0 Å². The molecule has 0 radical (unpaired) electrons. The third kappa shape index (κ3) is 24.3. The minimum absolute atomic E-state index is 0.00621. The van der Waals surface area contributed by atoms with E-state index in [4.69, 9.17) is 20.3 Å². The average Bonchev–Trinajstić information content (AvgIpc) is 2.91. The lowest BCUT2D eigenvalue weighted by molar-refractivity contribution is -0.150. The van der Waals surface area contributed by atoms with Crippen LogP contribution in [0.15, 0.2) is 0 Å². The van der Waals surface area contributed by atoms with Crippen LogP contribution in [0.4, 0.5) is 0 Å². The fourth-order valence-corrected chi connectivity index (χ4v) is 3.83. The first-order chi connectivity index (χ1) is 19.3. The van der Waals surface area contributed by atoms with Crippen molar-refractivity contribution in [2.75, 3.05) is 52.6 Å². The summed E-state index contributed by atoms with van der Waals surface area (Å²) >= 11 is 0. The number of hydrogen-bond acceptors (Lipinski definition) is 8. The summed E-state index contributed by atoms with van der Waals surface area (Å²) in [5.41, 5.74) is 5.33. The summed E-state index contributed by atoms with van der Waals surface area (Å²) in [6.45, 7) is 4.87. The highest BCUT2D eigenvalue weighted by Crippen LogP contribution is 2.09. The molecule has 1 atom stereocenters. The average molecular weight is 574 g/mol. The maximum absolute atomic E-state index is 11.9. The normalized spacial score (nSPS) is 11.5. The van der Waals surface area contributed by atoms with Crippen LogP contribution in [-0.4, -0.2) is 93.4 Å². The number of nitrogens with two attached hydrogens (primary N) is 1. The maximum Gasteiger partial charge on any atom is 0.394 e. The van der Waals surface area contributed by atoms with E-state index in [0.717, 1.165) is 64.2 Å².